The summed E-state index contributed by atoms with van der Waals surface area (Å²) in [4.78, 5) is 5.16. The van der Waals surface area contributed by atoms with Crippen molar-refractivity contribution >= 4 is 0 Å². The van der Waals surface area contributed by atoms with Gasteiger partial charge in [-0.2, -0.15) is 0 Å². The van der Waals surface area contributed by atoms with Gasteiger partial charge in [0, 0.05) is 12.6 Å². The Hall–Kier alpha value is -0.120. The largest absolute Gasteiger partial charge is 0.326 e. The van der Waals surface area contributed by atoms with Crippen LogP contribution < -0.4 is 5.73 Å². The summed E-state index contributed by atoms with van der Waals surface area (Å²) in [5, 5.41) is 0. The highest BCUT2D eigenvalue weighted by atomic mass is 15.1. The van der Waals surface area contributed by atoms with Crippen molar-refractivity contribution in [3.05, 3.63) is 0 Å². The Morgan fingerprint density at radius 3 is 1.88 bits per heavy atom. The van der Waals surface area contributed by atoms with Crippen LogP contribution >= 0.6 is 0 Å². The van der Waals surface area contributed by atoms with Gasteiger partial charge in [0.15, 0.2) is 0 Å². The van der Waals surface area contributed by atoms with E-state index in [2.05, 4.69) is 9.80 Å². The van der Waals surface area contributed by atoms with Gasteiger partial charge in [0.1, 0.15) is 0 Å². The van der Waals surface area contributed by atoms with E-state index in [-0.39, 0.29) is 0 Å². The lowest BCUT2D eigenvalue weighted by Crippen LogP contribution is -2.42. The van der Waals surface area contributed by atoms with E-state index in [9.17, 15) is 0 Å². The number of likely N-dealkylation sites (tertiary alicyclic amines) is 2. The molecule has 0 bridgehead atoms. The maximum atomic E-state index is 6.25. The Bertz CT molecular complexity index is 196. The van der Waals surface area contributed by atoms with Gasteiger partial charge in [-0.05, 0) is 64.8 Å². The molecule has 0 amide bonds. The zero-order chi connectivity index (χ0) is 11.9. The van der Waals surface area contributed by atoms with Gasteiger partial charge in [0.2, 0.25) is 0 Å². The third-order valence-corrected chi connectivity index (χ3v) is 4.21. The van der Waals surface area contributed by atoms with Crippen LogP contribution in [0.5, 0.6) is 0 Å². The monoisotopic (exact) mass is 239 g/mol. The molecule has 0 saturated carbocycles. The molecule has 2 saturated heterocycles. The fourth-order valence-corrected chi connectivity index (χ4v) is 3.10. The zero-order valence-electron chi connectivity index (χ0n) is 11.2. The molecule has 3 nitrogen and oxygen atoms in total. The first kappa shape index (κ1) is 13.3. The van der Waals surface area contributed by atoms with Gasteiger partial charge in [-0.15, -0.1) is 0 Å². The Kier molecular flexibility index (Phi) is 5.75. The molecule has 2 rings (SSSR count). The van der Waals surface area contributed by atoms with Crippen LogP contribution in [0.25, 0.3) is 0 Å². The predicted molar refractivity (Wildman–Crippen MR) is 73.2 cm³/mol. The third kappa shape index (κ3) is 4.94. The van der Waals surface area contributed by atoms with Crippen LogP contribution in [-0.2, 0) is 0 Å². The van der Waals surface area contributed by atoms with Crippen LogP contribution in [0.1, 0.15) is 44.9 Å². The summed E-state index contributed by atoms with van der Waals surface area (Å²) >= 11 is 0. The number of nitrogens with two attached hydrogens (primary N) is 1. The van der Waals surface area contributed by atoms with Crippen molar-refractivity contribution < 1.29 is 0 Å². The first-order valence-electron chi connectivity index (χ1n) is 7.55. The highest BCUT2D eigenvalue weighted by Crippen LogP contribution is 2.11. The second-order valence-electron chi connectivity index (χ2n) is 5.81. The van der Waals surface area contributed by atoms with E-state index in [1.54, 1.807) is 0 Å². The summed E-state index contributed by atoms with van der Waals surface area (Å²) in [5.74, 6) is 0. The van der Waals surface area contributed by atoms with E-state index in [1.165, 1.54) is 77.7 Å². The van der Waals surface area contributed by atoms with E-state index >= 15 is 0 Å². The highest BCUT2D eigenvalue weighted by Gasteiger charge is 2.15. The lowest BCUT2D eigenvalue weighted by atomic mass is 10.1. The maximum absolute atomic E-state index is 6.25. The molecule has 2 aliphatic rings. The molecular weight excluding hydrogens is 210 g/mol. The van der Waals surface area contributed by atoms with Crippen molar-refractivity contribution in [1.82, 2.24) is 9.80 Å². The van der Waals surface area contributed by atoms with Crippen LogP contribution in [-0.4, -0.2) is 55.1 Å². The van der Waals surface area contributed by atoms with Crippen LogP contribution in [0.2, 0.25) is 0 Å². The van der Waals surface area contributed by atoms with Crippen LogP contribution in [0, 0.1) is 0 Å². The first-order valence-corrected chi connectivity index (χ1v) is 7.55. The van der Waals surface area contributed by atoms with Crippen molar-refractivity contribution in [2.45, 2.75) is 51.0 Å². The van der Waals surface area contributed by atoms with Crippen molar-refractivity contribution in [1.29, 1.82) is 0 Å². The number of nitrogens with zero attached hydrogens (tertiary/aromatic N) is 2. The molecular formula is C14H29N3. The molecule has 2 N–H and O–H groups in total. The summed E-state index contributed by atoms with van der Waals surface area (Å²) < 4.78 is 0. The lowest BCUT2D eigenvalue weighted by molar-refractivity contribution is 0.190. The van der Waals surface area contributed by atoms with E-state index in [4.69, 9.17) is 5.73 Å². The minimum absolute atomic E-state index is 0.384. The minimum atomic E-state index is 0.384. The molecule has 0 aromatic carbocycles. The molecule has 0 aromatic rings. The van der Waals surface area contributed by atoms with Gasteiger partial charge < -0.3 is 15.5 Å². The van der Waals surface area contributed by atoms with Crippen LogP contribution in [0.3, 0.4) is 0 Å². The molecule has 2 aliphatic heterocycles. The molecule has 1 atom stereocenters. The van der Waals surface area contributed by atoms with E-state index in [0.717, 1.165) is 6.54 Å². The lowest BCUT2D eigenvalue weighted by Gasteiger charge is -2.31. The summed E-state index contributed by atoms with van der Waals surface area (Å²) in [6.07, 6.45) is 9.55. The van der Waals surface area contributed by atoms with Crippen molar-refractivity contribution in [2.75, 3.05) is 39.3 Å². The Labute approximate surface area is 106 Å². The van der Waals surface area contributed by atoms with Gasteiger partial charge in [0.25, 0.3) is 0 Å². The molecule has 2 heterocycles. The van der Waals surface area contributed by atoms with Crippen molar-refractivity contribution in [3.63, 3.8) is 0 Å². The Morgan fingerprint density at radius 1 is 0.765 bits per heavy atom. The van der Waals surface area contributed by atoms with E-state index < -0.39 is 0 Å². The zero-order valence-corrected chi connectivity index (χ0v) is 11.2. The number of rotatable bonds is 5. The Balaban J connectivity index is 1.57. The molecule has 2 fully saturated rings. The minimum Gasteiger partial charge on any atom is -0.326 e. The fraction of sp³-hybridized carbons (Fsp3) is 1.00. The topological polar surface area (TPSA) is 32.5 Å². The summed E-state index contributed by atoms with van der Waals surface area (Å²) in [5.41, 5.74) is 6.25. The molecule has 17 heavy (non-hydrogen) atoms. The standard InChI is InChI=1S/C14H29N3/c15-14(13-17-10-5-2-6-11-17)7-12-16-8-3-1-4-9-16/h14H,1-13,15H2. The average molecular weight is 239 g/mol. The fourth-order valence-electron chi connectivity index (χ4n) is 3.10. The third-order valence-electron chi connectivity index (χ3n) is 4.21. The van der Waals surface area contributed by atoms with E-state index in [1.807, 2.05) is 0 Å². The number of piperidine rings is 2. The number of hydrogen-bond acceptors (Lipinski definition) is 3. The average Bonchev–Trinajstić information content (AvgIpc) is 2.39. The van der Waals surface area contributed by atoms with Crippen LogP contribution in [0.15, 0.2) is 0 Å². The van der Waals surface area contributed by atoms with Gasteiger partial charge in [-0.1, -0.05) is 12.8 Å². The van der Waals surface area contributed by atoms with Gasteiger partial charge in [-0.3, -0.25) is 0 Å². The normalized spacial score (nSPS) is 25.9. The molecule has 0 radical (unpaired) electrons. The summed E-state index contributed by atoms with van der Waals surface area (Å²) in [7, 11) is 0. The molecule has 1 unspecified atom stereocenters. The first-order chi connectivity index (χ1) is 8.34. The number of hydrogen-bond donors (Lipinski definition) is 1. The molecule has 3 heteroatoms. The van der Waals surface area contributed by atoms with Crippen LogP contribution in [0.4, 0.5) is 0 Å². The molecule has 0 aromatic heterocycles. The molecule has 100 valence electrons. The van der Waals surface area contributed by atoms with Gasteiger partial charge in [-0.25, -0.2) is 0 Å². The summed E-state index contributed by atoms with van der Waals surface area (Å²) in [6.45, 7) is 7.49. The smallest absolute Gasteiger partial charge is 0.0180 e. The molecule has 0 aliphatic carbocycles. The SMILES string of the molecule is NC(CCN1CCCCC1)CN1CCCCC1. The van der Waals surface area contributed by atoms with Crippen molar-refractivity contribution in [2.24, 2.45) is 5.73 Å². The Morgan fingerprint density at radius 2 is 1.29 bits per heavy atom. The summed E-state index contributed by atoms with van der Waals surface area (Å²) in [6, 6.07) is 0.384. The quantitative estimate of drug-likeness (QED) is 0.792. The second-order valence-corrected chi connectivity index (χ2v) is 5.81. The predicted octanol–water partition coefficient (Wildman–Crippen LogP) is 1.68. The maximum Gasteiger partial charge on any atom is 0.0180 e. The van der Waals surface area contributed by atoms with Crippen molar-refractivity contribution in [3.8, 4) is 0 Å². The highest BCUT2D eigenvalue weighted by molar-refractivity contribution is 4.74. The molecule has 0 spiro atoms. The van der Waals surface area contributed by atoms with E-state index in [0.29, 0.717) is 6.04 Å². The van der Waals surface area contributed by atoms with Gasteiger partial charge >= 0.3 is 0 Å². The second kappa shape index (κ2) is 7.34. The van der Waals surface area contributed by atoms with Gasteiger partial charge in [0.05, 0.1) is 0 Å².